The predicted molar refractivity (Wildman–Crippen MR) is 94.7 cm³/mol. The molecular weight excluding hydrogens is 330 g/mol. The van der Waals surface area contributed by atoms with Gasteiger partial charge >= 0.3 is 0 Å². The summed E-state index contributed by atoms with van der Waals surface area (Å²) in [7, 11) is 1.70. The minimum absolute atomic E-state index is 0.105. The van der Waals surface area contributed by atoms with E-state index in [9.17, 15) is 14.7 Å². The van der Waals surface area contributed by atoms with Crippen LogP contribution in [0, 0.1) is 17.8 Å². The van der Waals surface area contributed by atoms with E-state index in [0.717, 1.165) is 12.0 Å². The van der Waals surface area contributed by atoms with Gasteiger partial charge in [0.1, 0.15) is 5.69 Å². The van der Waals surface area contributed by atoms with Crippen molar-refractivity contribution in [2.24, 2.45) is 11.7 Å². The number of pyridine rings is 1. The molecule has 4 rings (SSSR count). The molecule has 1 aromatic carbocycles. The van der Waals surface area contributed by atoms with Crippen LogP contribution in [0.1, 0.15) is 22.5 Å². The third-order valence-electron chi connectivity index (χ3n) is 4.99. The smallest absolute Gasteiger partial charge is 0.267 e. The molecule has 1 aromatic heterocycles. The lowest BCUT2D eigenvalue weighted by molar-refractivity contribution is -0.140. The van der Waals surface area contributed by atoms with Gasteiger partial charge in [-0.2, -0.15) is 0 Å². The lowest BCUT2D eigenvalue weighted by atomic mass is 9.98. The van der Waals surface area contributed by atoms with Crippen LogP contribution in [0.25, 0.3) is 11.3 Å². The summed E-state index contributed by atoms with van der Waals surface area (Å²) in [6.45, 7) is 0. The molecule has 2 aromatic rings. The van der Waals surface area contributed by atoms with Crippen LogP contribution in [0.15, 0.2) is 42.5 Å². The fourth-order valence-corrected chi connectivity index (χ4v) is 3.44. The molecule has 0 spiro atoms. The Labute approximate surface area is 150 Å². The van der Waals surface area contributed by atoms with E-state index in [1.54, 1.807) is 42.3 Å². The summed E-state index contributed by atoms with van der Waals surface area (Å²) in [5.41, 5.74) is 5.89. The zero-order valence-corrected chi connectivity index (χ0v) is 14.1. The molecule has 2 aliphatic rings. The number of piperidine rings is 1. The van der Waals surface area contributed by atoms with Crippen molar-refractivity contribution in [3.63, 3.8) is 0 Å². The summed E-state index contributed by atoms with van der Waals surface area (Å²) in [6, 6.07) is 12.4. The molecule has 3 atom stereocenters. The number of carbonyl (C=O) groups excluding carboxylic acids is 2. The fourth-order valence-electron chi connectivity index (χ4n) is 3.44. The van der Waals surface area contributed by atoms with Crippen LogP contribution >= 0.6 is 0 Å². The minimum atomic E-state index is -1.60. The van der Waals surface area contributed by atoms with Crippen molar-refractivity contribution < 1.29 is 14.7 Å². The monoisotopic (exact) mass is 347 g/mol. The van der Waals surface area contributed by atoms with Crippen LogP contribution in [0.3, 0.4) is 0 Å². The molecular formula is C20H17N3O3. The van der Waals surface area contributed by atoms with E-state index < -0.39 is 11.5 Å². The third-order valence-corrected chi connectivity index (χ3v) is 4.99. The number of primary amides is 1. The number of aromatic nitrogens is 1. The Hall–Kier alpha value is -3.17. The zero-order chi connectivity index (χ0) is 18.5. The lowest BCUT2D eigenvalue weighted by Crippen LogP contribution is -2.41. The average molecular weight is 347 g/mol. The van der Waals surface area contributed by atoms with Gasteiger partial charge in [0.2, 0.25) is 5.60 Å². The van der Waals surface area contributed by atoms with Gasteiger partial charge in [-0.1, -0.05) is 30.0 Å². The average Bonchev–Trinajstić information content (AvgIpc) is 3.43. The first kappa shape index (κ1) is 16.3. The highest BCUT2D eigenvalue weighted by molar-refractivity contribution is 5.93. The van der Waals surface area contributed by atoms with Crippen molar-refractivity contribution in [2.75, 3.05) is 7.05 Å². The minimum Gasteiger partial charge on any atom is -0.369 e. The van der Waals surface area contributed by atoms with E-state index in [2.05, 4.69) is 16.8 Å². The summed E-state index contributed by atoms with van der Waals surface area (Å²) >= 11 is 0. The quantitative estimate of drug-likeness (QED) is 0.785. The number of carbonyl (C=O) groups is 2. The number of aliphatic hydroxyl groups is 1. The van der Waals surface area contributed by atoms with Crippen LogP contribution in [-0.2, 0) is 4.79 Å². The van der Waals surface area contributed by atoms with Crippen LogP contribution in [0.2, 0.25) is 0 Å². The molecule has 2 amide bonds. The van der Waals surface area contributed by atoms with Gasteiger partial charge in [-0.3, -0.25) is 9.59 Å². The van der Waals surface area contributed by atoms with Crippen molar-refractivity contribution in [1.82, 2.24) is 9.88 Å². The number of nitrogens with zero attached hydrogens (tertiary/aromatic N) is 2. The summed E-state index contributed by atoms with van der Waals surface area (Å²) < 4.78 is 0. The van der Waals surface area contributed by atoms with Gasteiger partial charge in [0.15, 0.2) is 0 Å². The zero-order valence-electron chi connectivity index (χ0n) is 14.1. The van der Waals surface area contributed by atoms with Gasteiger partial charge in [-0.15, -0.1) is 0 Å². The van der Waals surface area contributed by atoms with Gasteiger partial charge in [0.25, 0.3) is 11.8 Å². The number of hydrogen-bond acceptors (Lipinski definition) is 4. The molecule has 3 N–H and O–H groups in total. The highest BCUT2D eigenvalue weighted by Crippen LogP contribution is 2.50. The van der Waals surface area contributed by atoms with Crippen molar-refractivity contribution in [3.8, 4) is 23.1 Å². The molecule has 0 unspecified atom stereocenters. The first-order valence-corrected chi connectivity index (χ1v) is 8.30. The van der Waals surface area contributed by atoms with Crippen LogP contribution in [0.5, 0.6) is 0 Å². The fraction of sp³-hybridized carbons (Fsp3) is 0.250. The number of nitrogens with two attached hydrogens (primary N) is 1. The number of amides is 2. The third kappa shape index (κ3) is 2.54. The van der Waals surface area contributed by atoms with Gasteiger partial charge in [0.05, 0.1) is 5.69 Å². The van der Waals surface area contributed by atoms with Crippen LogP contribution in [0.4, 0.5) is 0 Å². The highest BCUT2D eigenvalue weighted by Gasteiger charge is 2.66. The molecule has 1 aliphatic carbocycles. The summed E-state index contributed by atoms with van der Waals surface area (Å²) in [6.07, 6.45) is 0.789. The second-order valence-electron chi connectivity index (χ2n) is 6.70. The molecule has 1 saturated carbocycles. The molecule has 2 fully saturated rings. The Morgan fingerprint density at radius 1 is 1.35 bits per heavy atom. The normalized spacial score (nSPS) is 26.1. The number of likely N-dealkylation sites (tertiary alicyclic amines) is 1. The second kappa shape index (κ2) is 5.68. The van der Waals surface area contributed by atoms with Crippen molar-refractivity contribution >= 4 is 11.8 Å². The maximum atomic E-state index is 12.2. The standard InChI is InChI=1S/C20H17N3O3/c1-23-17-11-14(17)20(26,19(23)25)9-8-12-4-2-5-13(10-12)15-6-3-7-16(22-15)18(21)24/h2-7,10,14,17,26H,11H2,1H3,(H2,21,24)/t14-,17+,20-/m0/s1. The van der Waals surface area contributed by atoms with E-state index in [0.29, 0.717) is 11.3 Å². The number of rotatable bonds is 2. The summed E-state index contributed by atoms with van der Waals surface area (Å²) in [4.78, 5) is 29.3. The highest BCUT2D eigenvalue weighted by atomic mass is 16.3. The Balaban J connectivity index is 1.65. The topological polar surface area (TPSA) is 96.5 Å². The maximum absolute atomic E-state index is 12.2. The molecule has 1 saturated heterocycles. The molecule has 0 radical (unpaired) electrons. The Bertz CT molecular complexity index is 991. The van der Waals surface area contributed by atoms with Gasteiger partial charge < -0.3 is 15.7 Å². The Kier molecular flexibility index (Phi) is 3.56. The molecule has 6 heteroatoms. The molecule has 6 nitrogen and oxygen atoms in total. The SMILES string of the molecule is CN1C(=O)[C@](O)(C#Cc2cccc(-c3cccc(C(N)=O)n3)c2)[C@H]2C[C@H]21. The maximum Gasteiger partial charge on any atom is 0.267 e. The number of hydrogen-bond donors (Lipinski definition) is 2. The molecule has 1 aliphatic heterocycles. The first-order chi connectivity index (χ1) is 12.4. The van der Waals surface area contributed by atoms with Crippen molar-refractivity contribution in [3.05, 3.63) is 53.7 Å². The molecule has 0 bridgehead atoms. The van der Waals surface area contributed by atoms with Gasteiger partial charge in [-0.25, -0.2) is 4.98 Å². The molecule has 130 valence electrons. The number of benzene rings is 1. The van der Waals surface area contributed by atoms with E-state index in [4.69, 9.17) is 5.73 Å². The van der Waals surface area contributed by atoms with E-state index in [1.165, 1.54) is 0 Å². The second-order valence-corrected chi connectivity index (χ2v) is 6.70. The summed E-state index contributed by atoms with van der Waals surface area (Å²) in [5, 5.41) is 10.7. The van der Waals surface area contributed by atoms with E-state index in [-0.39, 0.29) is 23.6 Å². The van der Waals surface area contributed by atoms with Crippen molar-refractivity contribution in [1.29, 1.82) is 0 Å². The lowest BCUT2D eigenvalue weighted by Gasteiger charge is -2.18. The largest absolute Gasteiger partial charge is 0.369 e. The van der Waals surface area contributed by atoms with Crippen LogP contribution in [-0.4, -0.2) is 45.5 Å². The van der Waals surface area contributed by atoms with E-state index in [1.807, 2.05) is 12.1 Å². The Morgan fingerprint density at radius 3 is 2.81 bits per heavy atom. The number of likely N-dealkylation sites (N-methyl/N-ethyl adjacent to an activating group) is 1. The van der Waals surface area contributed by atoms with Crippen molar-refractivity contribution in [2.45, 2.75) is 18.1 Å². The Morgan fingerprint density at radius 2 is 2.12 bits per heavy atom. The predicted octanol–water partition coefficient (Wildman–Crippen LogP) is 0.791. The molecule has 2 heterocycles. The van der Waals surface area contributed by atoms with E-state index >= 15 is 0 Å². The van der Waals surface area contributed by atoms with Crippen LogP contribution < -0.4 is 5.73 Å². The van der Waals surface area contributed by atoms with Gasteiger partial charge in [-0.05, 0) is 30.7 Å². The molecule has 26 heavy (non-hydrogen) atoms. The summed E-state index contributed by atoms with van der Waals surface area (Å²) in [5.74, 6) is 4.66. The van der Waals surface area contributed by atoms with Gasteiger partial charge in [0, 0.05) is 30.1 Å². The first-order valence-electron chi connectivity index (χ1n) is 8.30. The number of fused-ring (bicyclic) bond motifs is 1.